The van der Waals surface area contributed by atoms with Crippen molar-refractivity contribution < 1.29 is 13.9 Å². The van der Waals surface area contributed by atoms with Gasteiger partial charge >= 0.3 is 5.97 Å². The topological polar surface area (TPSA) is 39.4 Å². The molecule has 3 heteroatoms. The second-order valence-electron chi connectivity index (χ2n) is 7.35. The van der Waals surface area contributed by atoms with Gasteiger partial charge in [0.25, 0.3) is 0 Å². The summed E-state index contributed by atoms with van der Waals surface area (Å²) >= 11 is 0. The van der Waals surface area contributed by atoms with Crippen molar-refractivity contribution >= 4 is 5.97 Å². The maximum atomic E-state index is 12.7. The molecule has 0 amide bonds. The summed E-state index contributed by atoms with van der Waals surface area (Å²) in [7, 11) is 0. The molecule has 0 aliphatic heterocycles. The second kappa shape index (κ2) is 7.47. The molecule has 1 aromatic carbocycles. The number of hydrogen-bond acceptors (Lipinski definition) is 3. The highest BCUT2D eigenvalue weighted by Gasteiger charge is 2.52. The number of hydrogen-bond donors (Lipinski definition) is 0. The lowest BCUT2D eigenvalue weighted by molar-refractivity contribution is -0.141. The minimum absolute atomic E-state index is 0.0745. The normalized spacial score (nSPS) is 15.4. The van der Waals surface area contributed by atoms with Gasteiger partial charge < -0.3 is 9.15 Å². The highest BCUT2D eigenvalue weighted by atomic mass is 16.5. The van der Waals surface area contributed by atoms with E-state index in [1.807, 2.05) is 31.2 Å². The Morgan fingerprint density at radius 1 is 1.20 bits per heavy atom. The lowest BCUT2D eigenvalue weighted by atomic mass is 9.88. The molecule has 0 spiro atoms. The number of carbonyl (C=O) groups is 1. The summed E-state index contributed by atoms with van der Waals surface area (Å²) in [4.78, 5) is 12.7. The van der Waals surface area contributed by atoms with Crippen LogP contribution in [0.5, 0.6) is 5.75 Å². The Hall–Kier alpha value is -2.03. The molecule has 0 atom stereocenters. The molecule has 0 bridgehead atoms. The fraction of sp³-hybridized carbons (Fsp3) is 0.500. The molecule has 0 radical (unpaired) electrons. The van der Waals surface area contributed by atoms with Crippen LogP contribution in [0.15, 0.2) is 40.8 Å². The van der Waals surface area contributed by atoms with Crippen LogP contribution in [0.1, 0.15) is 63.0 Å². The Morgan fingerprint density at radius 2 is 1.88 bits per heavy atom. The molecule has 0 saturated heterocycles. The zero-order valence-corrected chi connectivity index (χ0v) is 15.5. The number of esters is 1. The lowest BCUT2D eigenvalue weighted by Gasteiger charge is -2.19. The Morgan fingerprint density at radius 3 is 2.48 bits per heavy atom. The maximum Gasteiger partial charge on any atom is 0.317 e. The summed E-state index contributed by atoms with van der Waals surface area (Å²) in [5.74, 6) is 2.62. The SMILES string of the molecule is CCC(CC)CC1(C(=O)Oc2cc(Cc3ccccc3)oc2C)CC1. The molecule has 1 aliphatic carbocycles. The summed E-state index contributed by atoms with van der Waals surface area (Å²) in [6, 6.07) is 12.0. The van der Waals surface area contributed by atoms with Gasteiger partial charge in [-0.05, 0) is 37.7 Å². The van der Waals surface area contributed by atoms with Crippen LogP contribution in [0.3, 0.4) is 0 Å². The molecule has 1 fully saturated rings. The zero-order valence-electron chi connectivity index (χ0n) is 15.5. The van der Waals surface area contributed by atoms with Crippen molar-refractivity contribution in [2.75, 3.05) is 0 Å². The van der Waals surface area contributed by atoms with Gasteiger partial charge in [0.15, 0.2) is 5.75 Å². The van der Waals surface area contributed by atoms with E-state index in [4.69, 9.17) is 9.15 Å². The van der Waals surface area contributed by atoms with E-state index in [2.05, 4.69) is 26.0 Å². The van der Waals surface area contributed by atoms with Crippen molar-refractivity contribution in [2.45, 2.75) is 59.3 Å². The van der Waals surface area contributed by atoms with Crippen LogP contribution >= 0.6 is 0 Å². The van der Waals surface area contributed by atoms with Crippen LogP contribution in [-0.4, -0.2) is 5.97 Å². The summed E-state index contributed by atoms with van der Waals surface area (Å²) in [5.41, 5.74) is 0.932. The van der Waals surface area contributed by atoms with Crippen LogP contribution < -0.4 is 4.74 Å². The van der Waals surface area contributed by atoms with Crippen molar-refractivity contribution in [3.8, 4) is 5.75 Å². The molecule has 1 aromatic heterocycles. The first-order valence-corrected chi connectivity index (χ1v) is 9.42. The van der Waals surface area contributed by atoms with Gasteiger partial charge in [-0.3, -0.25) is 4.79 Å². The molecular formula is C22H28O3. The zero-order chi connectivity index (χ0) is 17.9. The van der Waals surface area contributed by atoms with E-state index < -0.39 is 0 Å². The molecule has 0 N–H and O–H groups in total. The van der Waals surface area contributed by atoms with Gasteiger partial charge in [-0.1, -0.05) is 57.0 Å². The Bertz CT molecular complexity index is 706. The van der Waals surface area contributed by atoms with Crippen molar-refractivity contribution in [2.24, 2.45) is 11.3 Å². The van der Waals surface area contributed by atoms with E-state index in [1.54, 1.807) is 0 Å². The predicted molar refractivity (Wildman–Crippen MR) is 98.7 cm³/mol. The van der Waals surface area contributed by atoms with Crippen molar-refractivity contribution in [3.05, 3.63) is 53.5 Å². The van der Waals surface area contributed by atoms with Gasteiger partial charge in [0.2, 0.25) is 0 Å². The predicted octanol–water partition coefficient (Wildman–Crippen LogP) is 5.69. The minimum atomic E-state index is -0.250. The number of ether oxygens (including phenoxy) is 1. The van der Waals surface area contributed by atoms with Crippen LogP contribution in [0.2, 0.25) is 0 Å². The number of carbonyl (C=O) groups excluding carboxylic acids is 1. The van der Waals surface area contributed by atoms with E-state index in [-0.39, 0.29) is 11.4 Å². The summed E-state index contributed by atoms with van der Waals surface area (Å²) in [6.07, 6.45) is 5.81. The largest absolute Gasteiger partial charge is 0.462 e. The highest BCUT2D eigenvalue weighted by Crippen LogP contribution is 2.52. The van der Waals surface area contributed by atoms with Gasteiger partial charge in [0.1, 0.15) is 11.5 Å². The number of rotatable bonds is 8. The van der Waals surface area contributed by atoms with E-state index in [9.17, 15) is 4.79 Å². The Kier molecular flexibility index (Phi) is 5.31. The first kappa shape index (κ1) is 17.8. The molecule has 0 unspecified atom stereocenters. The van der Waals surface area contributed by atoms with Gasteiger partial charge in [0.05, 0.1) is 5.41 Å². The first-order valence-electron chi connectivity index (χ1n) is 9.42. The molecule has 25 heavy (non-hydrogen) atoms. The number of benzene rings is 1. The molecule has 134 valence electrons. The molecule has 2 aromatic rings. The maximum absolute atomic E-state index is 12.7. The van der Waals surface area contributed by atoms with Gasteiger partial charge in [-0.25, -0.2) is 0 Å². The van der Waals surface area contributed by atoms with Crippen LogP contribution in [-0.2, 0) is 11.2 Å². The van der Waals surface area contributed by atoms with E-state index in [0.29, 0.717) is 23.8 Å². The van der Waals surface area contributed by atoms with Crippen LogP contribution in [0, 0.1) is 18.3 Å². The van der Waals surface area contributed by atoms with Gasteiger partial charge in [-0.15, -0.1) is 0 Å². The highest BCUT2D eigenvalue weighted by molar-refractivity contribution is 5.82. The second-order valence-corrected chi connectivity index (χ2v) is 7.35. The smallest absolute Gasteiger partial charge is 0.317 e. The Labute approximate surface area is 150 Å². The average Bonchev–Trinajstić information content (AvgIpc) is 3.33. The standard InChI is InChI=1S/C22H28O3/c1-4-17(5-2)15-22(11-12-22)21(23)25-20-14-19(24-16(20)3)13-18-9-7-6-8-10-18/h6-10,14,17H,4-5,11-13,15H2,1-3H3. The van der Waals surface area contributed by atoms with E-state index in [0.717, 1.165) is 37.9 Å². The average molecular weight is 340 g/mol. The van der Waals surface area contributed by atoms with Crippen molar-refractivity contribution in [1.82, 2.24) is 0 Å². The molecular weight excluding hydrogens is 312 g/mol. The molecule has 3 nitrogen and oxygen atoms in total. The monoisotopic (exact) mass is 340 g/mol. The minimum Gasteiger partial charge on any atom is -0.462 e. The third kappa shape index (κ3) is 4.15. The Balaban J connectivity index is 1.66. The molecule has 3 rings (SSSR count). The van der Waals surface area contributed by atoms with Gasteiger partial charge in [-0.2, -0.15) is 0 Å². The quantitative estimate of drug-likeness (QED) is 0.579. The lowest BCUT2D eigenvalue weighted by Crippen LogP contribution is -2.24. The van der Waals surface area contributed by atoms with Crippen LogP contribution in [0.25, 0.3) is 0 Å². The molecule has 1 aliphatic rings. The molecule has 1 saturated carbocycles. The first-order chi connectivity index (χ1) is 12.1. The molecule has 1 heterocycles. The summed E-state index contributed by atoms with van der Waals surface area (Å²) in [6.45, 7) is 6.26. The fourth-order valence-corrected chi connectivity index (χ4v) is 3.49. The van der Waals surface area contributed by atoms with Gasteiger partial charge in [0, 0.05) is 12.5 Å². The van der Waals surface area contributed by atoms with E-state index in [1.165, 1.54) is 5.56 Å². The van der Waals surface area contributed by atoms with Crippen molar-refractivity contribution in [3.63, 3.8) is 0 Å². The third-order valence-electron chi connectivity index (χ3n) is 5.47. The third-order valence-corrected chi connectivity index (χ3v) is 5.47. The number of aryl methyl sites for hydroxylation is 1. The number of furan rings is 1. The fourth-order valence-electron chi connectivity index (χ4n) is 3.49. The van der Waals surface area contributed by atoms with Crippen molar-refractivity contribution in [1.29, 1.82) is 0 Å². The summed E-state index contributed by atoms with van der Waals surface area (Å²) < 4.78 is 11.5. The van der Waals surface area contributed by atoms with Crippen LogP contribution in [0.4, 0.5) is 0 Å². The summed E-state index contributed by atoms with van der Waals surface area (Å²) in [5, 5.41) is 0. The van der Waals surface area contributed by atoms with E-state index >= 15 is 0 Å².